The number of hydrogen-bond donors (Lipinski definition) is 1. The SMILES string of the molecule is CC(=NNC(=O)COc1ccc2cc(Br)ccc2c1Br)c1ccc(Cl)cc1. The van der Waals surface area contributed by atoms with Crippen LogP contribution in [0.15, 0.2) is 68.6 Å². The van der Waals surface area contributed by atoms with Crippen LogP contribution in [0.25, 0.3) is 10.8 Å². The molecule has 0 unspecified atom stereocenters. The van der Waals surface area contributed by atoms with Gasteiger partial charge >= 0.3 is 0 Å². The highest BCUT2D eigenvalue weighted by atomic mass is 79.9. The predicted octanol–water partition coefficient (Wildman–Crippen LogP) is 5.94. The molecule has 0 aliphatic heterocycles. The third-order valence-corrected chi connectivity index (χ3v) is 5.41. The third kappa shape index (κ3) is 5.09. The largest absolute Gasteiger partial charge is 0.483 e. The lowest BCUT2D eigenvalue weighted by Gasteiger charge is -2.10. The molecule has 0 saturated carbocycles. The van der Waals surface area contributed by atoms with Crippen molar-refractivity contribution in [2.24, 2.45) is 5.10 Å². The van der Waals surface area contributed by atoms with Gasteiger partial charge in [-0.2, -0.15) is 5.10 Å². The molecule has 3 aromatic carbocycles. The lowest BCUT2D eigenvalue weighted by molar-refractivity contribution is -0.123. The van der Waals surface area contributed by atoms with Crippen LogP contribution in [0.3, 0.4) is 0 Å². The Kier molecular flexibility index (Phi) is 6.52. The number of halogens is 3. The maximum Gasteiger partial charge on any atom is 0.277 e. The average Bonchev–Trinajstić information content (AvgIpc) is 2.66. The summed E-state index contributed by atoms with van der Waals surface area (Å²) in [6, 6.07) is 17.0. The van der Waals surface area contributed by atoms with Gasteiger partial charge in [-0.3, -0.25) is 4.79 Å². The molecule has 0 heterocycles. The monoisotopic (exact) mass is 508 g/mol. The van der Waals surface area contributed by atoms with Crippen molar-refractivity contribution >= 4 is 65.9 Å². The first-order chi connectivity index (χ1) is 12.9. The summed E-state index contributed by atoms with van der Waals surface area (Å²) in [5.41, 5.74) is 4.06. The van der Waals surface area contributed by atoms with Crippen molar-refractivity contribution in [2.75, 3.05) is 6.61 Å². The van der Waals surface area contributed by atoms with Crippen LogP contribution in [0.5, 0.6) is 5.75 Å². The van der Waals surface area contributed by atoms with E-state index in [9.17, 15) is 4.79 Å². The highest BCUT2D eigenvalue weighted by Crippen LogP contribution is 2.34. The fourth-order valence-electron chi connectivity index (χ4n) is 2.43. The Morgan fingerprint density at radius 1 is 1.11 bits per heavy atom. The van der Waals surface area contributed by atoms with E-state index in [1.54, 1.807) is 12.1 Å². The number of rotatable bonds is 5. The summed E-state index contributed by atoms with van der Waals surface area (Å²) >= 11 is 12.9. The lowest BCUT2D eigenvalue weighted by Crippen LogP contribution is -2.25. The van der Waals surface area contributed by atoms with Crippen molar-refractivity contribution in [2.45, 2.75) is 6.92 Å². The normalized spacial score (nSPS) is 11.5. The highest BCUT2D eigenvalue weighted by molar-refractivity contribution is 9.11. The molecule has 0 atom stereocenters. The number of fused-ring (bicyclic) bond motifs is 1. The standard InChI is InChI=1S/C20H15Br2ClN2O2/c1-12(13-2-6-16(23)7-3-13)24-25-19(26)11-27-18-9-4-14-10-15(21)5-8-17(14)20(18)22/h2-10H,11H2,1H3,(H,25,26). The van der Waals surface area contributed by atoms with Gasteiger partial charge < -0.3 is 4.74 Å². The second kappa shape index (κ2) is 8.87. The number of carbonyl (C=O) groups excluding carboxylic acids is 1. The number of nitrogens with zero attached hydrogens (tertiary/aromatic N) is 1. The average molecular weight is 511 g/mol. The van der Waals surface area contributed by atoms with E-state index < -0.39 is 0 Å². The maximum absolute atomic E-state index is 12.0. The predicted molar refractivity (Wildman–Crippen MR) is 117 cm³/mol. The first kappa shape index (κ1) is 19.9. The van der Waals surface area contributed by atoms with Crippen molar-refractivity contribution in [3.8, 4) is 5.75 Å². The zero-order valence-electron chi connectivity index (χ0n) is 14.3. The summed E-state index contributed by atoms with van der Waals surface area (Å²) in [6.07, 6.45) is 0. The number of hydrazone groups is 1. The molecule has 0 aliphatic carbocycles. The number of nitrogens with one attached hydrogen (secondary N) is 1. The fourth-order valence-corrected chi connectivity index (χ4v) is 3.54. The van der Waals surface area contributed by atoms with Gasteiger partial charge in [0.15, 0.2) is 6.61 Å². The summed E-state index contributed by atoms with van der Waals surface area (Å²) in [5, 5.41) is 6.82. The molecule has 0 saturated heterocycles. The quantitative estimate of drug-likeness (QED) is 0.341. The number of benzene rings is 3. The van der Waals surface area contributed by atoms with Crippen molar-refractivity contribution in [1.29, 1.82) is 0 Å². The zero-order chi connectivity index (χ0) is 19.4. The third-order valence-electron chi connectivity index (χ3n) is 3.85. The maximum atomic E-state index is 12.0. The van der Waals surface area contributed by atoms with Gasteiger partial charge in [0.25, 0.3) is 5.91 Å². The molecular formula is C20H15Br2ClN2O2. The van der Waals surface area contributed by atoms with Gasteiger partial charge in [-0.25, -0.2) is 5.43 Å². The van der Waals surface area contributed by atoms with Gasteiger partial charge in [0, 0.05) is 9.50 Å². The Hall–Kier alpha value is -1.89. The van der Waals surface area contributed by atoms with Crippen LogP contribution >= 0.6 is 43.5 Å². The van der Waals surface area contributed by atoms with E-state index in [-0.39, 0.29) is 12.5 Å². The number of hydrogen-bond acceptors (Lipinski definition) is 3. The van der Waals surface area contributed by atoms with E-state index in [0.29, 0.717) is 16.5 Å². The molecule has 1 amide bonds. The fraction of sp³-hybridized carbons (Fsp3) is 0.100. The van der Waals surface area contributed by atoms with E-state index in [1.165, 1.54) is 0 Å². The van der Waals surface area contributed by atoms with E-state index in [4.69, 9.17) is 16.3 Å². The van der Waals surface area contributed by atoms with Gasteiger partial charge in [0.1, 0.15) is 5.75 Å². The molecule has 138 valence electrons. The topological polar surface area (TPSA) is 50.7 Å². The molecule has 4 nitrogen and oxygen atoms in total. The summed E-state index contributed by atoms with van der Waals surface area (Å²) in [5.74, 6) is 0.254. The molecule has 27 heavy (non-hydrogen) atoms. The summed E-state index contributed by atoms with van der Waals surface area (Å²) in [4.78, 5) is 12.0. The Morgan fingerprint density at radius 2 is 1.85 bits per heavy atom. The summed E-state index contributed by atoms with van der Waals surface area (Å²) < 4.78 is 7.44. The van der Waals surface area contributed by atoms with Gasteiger partial charge in [-0.1, -0.05) is 51.8 Å². The van der Waals surface area contributed by atoms with E-state index >= 15 is 0 Å². The lowest BCUT2D eigenvalue weighted by atomic mass is 10.1. The molecule has 1 N–H and O–H groups in total. The summed E-state index contributed by atoms with van der Waals surface area (Å²) in [7, 11) is 0. The number of ether oxygens (including phenoxy) is 1. The highest BCUT2D eigenvalue weighted by Gasteiger charge is 2.09. The Labute approximate surface area is 178 Å². The second-order valence-corrected chi connectivity index (χ2v) is 7.92. The summed E-state index contributed by atoms with van der Waals surface area (Å²) in [6.45, 7) is 1.67. The number of carbonyl (C=O) groups is 1. The minimum Gasteiger partial charge on any atom is -0.483 e. The molecule has 0 aromatic heterocycles. The van der Waals surface area contributed by atoms with Crippen LogP contribution in [0.2, 0.25) is 5.02 Å². The molecule has 0 fully saturated rings. The Balaban J connectivity index is 1.63. The Bertz CT molecular complexity index is 1020. The molecule has 0 aliphatic rings. The molecule has 7 heteroatoms. The van der Waals surface area contributed by atoms with Gasteiger partial charge in [-0.05, 0) is 69.5 Å². The van der Waals surface area contributed by atoms with E-state index in [2.05, 4.69) is 42.4 Å². The van der Waals surface area contributed by atoms with Crippen molar-refractivity contribution in [1.82, 2.24) is 5.43 Å². The second-order valence-electron chi connectivity index (χ2n) is 5.77. The van der Waals surface area contributed by atoms with Crippen LogP contribution < -0.4 is 10.2 Å². The smallest absolute Gasteiger partial charge is 0.277 e. The number of amides is 1. The zero-order valence-corrected chi connectivity index (χ0v) is 18.2. The molecular weight excluding hydrogens is 495 g/mol. The minimum atomic E-state index is -0.342. The first-order valence-electron chi connectivity index (χ1n) is 8.03. The molecule has 3 aromatic rings. The van der Waals surface area contributed by atoms with E-state index in [1.807, 2.05) is 49.4 Å². The van der Waals surface area contributed by atoms with Crippen LogP contribution in [0, 0.1) is 0 Å². The van der Waals surface area contributed by atoms with Gasteiger partial charge in [0.05, 0.1) is 10.2 Å². The van der Waals surface area contributed by atoms with Crippen molar-refractivity contribution in [3.05, 3.63) is 74.1 Å². The van der Waals surface area contributed by atoms with Crippen LogP contribution in [0.4, 0.5) is 0 Å². The van der Waals surface area contributed by atoms with Crippen molar-refractivity contribution < 1.29 is 9.53 Å². The van der Waals surface area contributed by atoms with Gasteiger partial charge in [-0.15, -0.1) is 0 Å². The van der Waals surface area contributed by atoms with Crippen LogP contribution in [-0.4, -0.2) is 18.2 Å². The van der Waals surface area contributed by atoms with Crippen molar-refractivity contribution in [3.63, 3.8) is 0 Å². The Morgan fingerprint density at radius 3 is 2.59 bits per heavy atom. The van der Waals surface area contributed by atoms with Crippen LogP contribution in [0.1, 0.15) is 12.5 Å². The molecule has 3 rings (SSSR count). The van der Waals surface area contributed by atoms with Crippen LogP contribution in [-0.2, 0) is 4.79 Å². The minimum absolute atomic E-state index is 0.141. The molecule has 0 bridgehead atoms. The first-order valence-corrected chi connectivity index (χ1v) is 10.00. The van der Waals surface area contributed by atoms with Gasteiger partial charge in [0.2, 0.25) is 0 Å². The molecule has 0 spiro atoms. The molecule has 0 radical (unpaired) electrons. The van der Waals surface area contributed by atoms with E-state index in [0.717, 1.165) is 25.3 Å².